The first-order valence-corrected chi connectivity index (χ1v) is 17.5. The molecule has 0 saturated heterocycles. The molecule has 0 spiro atoms. The topological polar surface area (TPSA) is 111 Å². The molecule has 0 bridgehead atoms. The van der Waals surface area contributed by atoms with E-state index in [1.165, 1.54) is 24.3 Å². The van der Waals surface area contributed by atoms with Gasteiger partial charge in [-0.05, 0) is 56.9 Å². The summed E-state index contributed by atoms with van der Waals surface area (Å²) in [7, 11) is -8.87. The van der Waals surface area contributed by atoms with Gasteiger partial charge in [-0.25, -0.2) is 0 Å². The first kappa shape index (κ1) is 32.1. The number of nitrogens with zero attached hydrogens (tertiary/aromatic N) is 2. The van der Waals surface area contributed by atoms with Crippen molar-refractivity contribution in [1.29, 1.82) is 0 Å². The molecule has 0 aromatic heterocycles. The molecular formula is C38H28N2O6S2. The zero-order chi connectivity index (χ0) is 33.7. The van der Waals surface area contributed by atoms with Crippen LogP contribution >= 0.6 is 0 Å². The molecule has 0 saturated carbocycles. The van der Waals surface area contributed by atoms with E-state index < -0.39 is 20.2 Å². The summed E-state index contributed by atoms with van der Waals surface area (Å²) in [4.78, 5) is -0.279. The lowest BCUT2D eigenvalue weighted by molar-refractivity contribution is 0.334. The second-order valence-electron chi connectivity index (χ2n) is 10.5. The van der Waals surface area contributed by atoms with Crippen LogP contribution in [0.25, 0.3) is 33.7 Å². The molecule has 0 aliphatic carbocycles. The molecule has 6 aromatic carbocycles. The Kier molecular flexibility index (Phi) is 9.02. The van der Waals surface area contributed by atoms with E-state index in [2.05, 4.69) is 23.5 Å². The van der Waals surface area contributed by atoms with Crippen molar-refractivity contribution in [2.24, 2.45) is 10.3 Å². The highest BCUT2D eigenvalue weighted by Crippen LogP contribution is 2.27. The Labute approximate surface area is 278 Å². The lowest BCUT2D eigenvalue weighted by Crippen LogP contribution is -2.21. The van der Waals surface area contributed by atoms with Crippen molar-refractivity contribution < 1.29 is 25.4 Å². The number of oxime groups is 2. The smallest absolute Gasteiger partial charge is 0.264 e. The van der Waals surface area contributed by atoms with Crippen LogP contribution in [0.3, 0.4) is 0 Å². The first-order valence-electron chi connectivity index (χ1n) is 14.6. The van der Waals surface area contributed by atoms with Gasteiger partial charge in [-0.15, -0.1) is 0 Å². The van der Waals surface area contributed by atoms with Gasteiger partial charge in [0, 0.05) is 11.1 Å². The van der Waals surface area contributed by atoms with E-state index in [1.807, 2.05) is 60.7 Å². The van der Waals surface area contributed by atoms with Gasteiger partial charge < -0.3 is 0 Å². The van der Waals surface area contributed by atoms with E-state index in [9.17, 15) is 16.8 Å². The Balaban J connectivity index is 1.58. The highest BCUT2D eigenvalue weighted by atomic mass is 32.2. The fourth-order valence-electron chi connectivity index (χ4n) is 5.10. The van der Waals surface area contributed by atoms with E-state index >= 15 is 0 Å². The van der Waals surface area contributed by atoms with Crippen LogP contribution in [0.5, 0.6) is 0 Å². The summed E-state index contributed by atoms with van der Waals surface area (Å²) >= 11 is 0. The normalized spacial score (nSPS) is 12.5. The standard InChI is InChI=1S/C38H28N2O6S2/c1-3-27-19-23-31(24-20-27)47(41,42)45-39-37(35-17-9-13-29-11-5-7-15-33(29)35)38(36-18-10-14-30-12-6-8-16-34(30)36)40-46-48(43,44)32-25-21-28(4-2)22-26-32/h3-26H,1-2H2. The maximum absolute atomic E-state index is 13.4. The minimum Gasteiger partial charge on any atom is -0.264 e. The fourth-order valence-corrected chi connectivity index (χ4v) is 6.56. The van der Waals surface area contributed by atoms with Crippen LogP contribution in [-0.2, 0) is 28.8 Å². The van der Waals surface area contributed by atoms with Gasteiger partial charge in [0.05, 0.1) is 0 Å². The third-order valence-corrected chi connectivity index (χ3v) is 9.82. The molecule has 0 amide bonds. The summed E-state index contributed by atoms with van der Waals surface area (Å²) in [6.45, 7) is 7.40. The molecule has 0 heterocycles. The van der Waals surface area contributed by atoms with Gasteiger partial charge in [0.15, 0.2) is 0 Å². The highest BCUT2D eigenvalue weighted by Gasteiger charge is 2.25. The molecule has 0 radical (unpaired) electrons. The molecule has 0 N–H and O–H groups in total. The lowest BCUT2D eigenvalue weighted by atomic mass is 9.92. The number of fused-ring (bicyclic) bond motifs is 2. The molecule has 48 heavy (non-hydrogen) atoms. The third kappa shape index (κ3) is 6.66. The van der Waals surface area contributed by atoms with Gasteiger partial charge in [0.25, 0.3) is 0 Å². The van der Waals surface area contributed by atoms with E-state index in [0.717, 1.165) is 21.9 Å². The zero-order valence-corrected chi connectivity index (χ0v) is 27.1. The Hall–Kier alpha value is -5.84. The molecule has 238 valence electrons. The summed E-state index contributed by atoms with van der Waals surface area (Å²) in [5.74, 6) is 0. The van der Waals surface area contributed by atoms with Crippen molar-refractivity contribution in [3.05, 3.63) is 169 Å². The number of benzene rings is 6. The van der Waals surface area contributed by atoms with Gasteiger partial charge in [-0.1, -0.05) is 145 Å². The molecule has 0 fully saturated rings. The van der Waals surface area contributed by atoms with Crippen LogP contribution in [0.15, 0.2) is 167 Å². The monoisotopic (exact) mass is 672 g/mol. The minimum atomic E-state index is -4.44. The predicted molar refractivity (Wildman–Crippen MR) is 191 cm³/mol. The second-order valence-corrected chi connectivity index (χ2v) is 13.6. The van der Waals surface area contributed by atoms with E-state index in [-0.39, 0.29) is 21.2 Å². The average Bonchev–Trinajstić information content (AvgIpc) is 3.12. The maximum Gasteiger partial charge on any atom is 0.358 e. The van der Waals surface area contributed by atoms with Crippen molar-refractivity contribution in [2.75, 3.05) is 0 Å². The Bertz CT molecular complexity index is 2270. The van der Waals surface area contributed by atoms with E-state index in [1.54, 1.807) is 60.7 Å². The van der Waals surface area contributed by atoms with Gasteiger partial charge in [-0.3, -0.25) is 8.57 Å². The van der Waals surface area contributed by atoms with Crippen molar-refractivity contribution >= 4 is 65.4 Å². The molecule has 0 aliphatic heterocycles. The fraction of sp³-hybridized carbons (Fsp3) is 0. The maximum atomic E-state index is 13.4. The van der Waals surface area contributed by atoms with Gasteiger partial charge in [0.1, 0.15) is 21.2 Å². The number of hydrogen-bond donors (Lipinski definition) is 0. The molecule has 0 aliphatic rings. The van der Waals surface area contributed by atoms with Gasteiger partial charge >= 0.3 is 20.2 Å². The van der Waals surface area contributed by atoms with E-state index in [4.69, 9.17) is 8.57 Å². The highest BCUT2D eigenvalue weighted by molar-refractivity contribution is 7.87. The summed E-state index contributed by atoms with van der Waals surface area (Å²) in [5.41, 5.74) is 2.13. The molecule has 6 rings (SSSR count). The van der Waals surface area contributed by atoms with Crippen LogP contribution in [0, 0.1) is 0 Å². The Morgan fingerprint density at radius 3 is 1.21 bits per heavy atom. The number of rotatable bonds is 11. The third-order valence-electron chi connectivity index (χ3n) is 7.58. The van der Waals surface area contributed by atoms with E-state index in [0.29, 0.717) is 21.9 Å². The van der Waals surface area contributed by atoms with Gasteiger partial charge in [0.2, 0.25) is 0 Å². The van der Waals surface area contributed by atoms with Crippen LogP contribution in [0.2, 0.25) is 0 Å². The van der Waals surface area contributed by atoms with Crippen molar-refractivity contribution in [3.63, 3.8) is 0 Å². The van der Waals surface area contributed by atoms with Crippen molar-refractivity contribution in [1.82, 2.24) is 0 Å². The Morgan fingerprint density at radius 2 is 0.833 bits per heavy atom. The van der Waals surface area contributed by atoms with Crippen molar-refractivity contribution in [3.8, 4) is 0 Å². The first-order chi connectivity index (χ1) is 23.2. The second kappa shape index (κ2) is 13.5. The van der Waals surface area contributed by atoms with Gasteiger partial charge in [-0.2, -0.15) is 16.8 Å². The number of hydrogen-bond acceptors (Lipinski definition) is 8. The Morgan fingerprint density at radius 1 is 0.479 bits per heavy atom. The quantitative estimate of drug-likeness (QED) is 0.101. The predicted octanol–water partition coefficient (Wildman–Crippen LogP) is 8.20. The zero-order valence-electron chi connectivity index (χ0n) is 25.4. The summed E-state index contributed by atoms with van der Waals surface area (Å²) < 4.78 is 64.4. The molecule has 10 heteroatoms. The minimum absolute atomic E-state index is 0.0772. The molecule has 8 nitrogen and oxygen atoms in total. The van der Waals surface area contributed by atoms with Crippen LogP contribution in [0.1, 0.15) is 22.3 Å². The van der Waals surface area contributed by atoms with Crippen LogP contribution < -0.4 is 0 Å². The molecule has 0 unspecified atom stereocenters. The lowest BCUT2D eigenvalue weighted by Gasteiger charge is -2.15. The molecular weight excluding hydrogens is 645 g/mol. The summed E-state index contributed by atoms with van der Waals surface area (Å²) in [6, 6.07) is 37.5. The van der Waals surface area contributed by atoms with Crippen LogP contribution in [0.4, 0.5) is 0 Å². The molecule has 6 aromatic rings. The average molecular weight is 673 g/mol. The summed E-state index contributed by atoms with van der Waals surface area (Å²) in [5, 5.41) is 11.4. The largest absolute Gasteiger partial charge is 0.358 e. The SMILES string of the molecule is C=Cc1ccc(S(=O)(=O)ON=C(C(=NOS(=O)(=O)c2ccc(C=C)cc2)c2cccc3ccccc23)c2cccc3ccccc23)cc1. The van der Waals surface area contributed by atoms with Crippen LogP contribution in [-0.4, -0.2) is 28.3 Å². The molecule has 0 atom stereocenters. The van der Waals surface area contributed by atoms with Crippen molar-refractivity contribution in [2.45, 2.75) is 9.79 Å². The summed E-state index contributed by atoms with van der Waals surface area (Å²) in [6.07, 6.45) is 3.17.